The molecule has 10 radical (unpaired) electrons. The van der Waals surface area contributed by atoms with E-state index in [9.17, 15) is 0 Å². The van der Waals surface area contributed by atoms with Crippen molar-refractivity contribution in [3.8, 4) is 0 Å². The quantitative estimate of drug-likeness (QED) is 0.358. The average molecular weight is 269 g/mol. The summed E-state index contributed by atoms with van der Waals surface area (Å²) in [5.74, 6) is 0. The Hall–Kier alpha value is -1.50. The fourth-order valence-electron chi connectivity index (χ4n) is 3.19. The SMILES string of the molecule is [B]c1cc([B])c2c([B])c3c(C)c(C)c(C)c([B])c3cc2c1[B]. The van der Waals surface area contributed by atoms with E-state index in [1.54, 1.807) is 6.07 Å². The maximum absolute atomic E-state index is 6.43. The molecular formula is C17H11B5. The third-order valence-electron chi connectivity index (χ3n) is 4.76. The third kappa shape index (κ3) is 1.91. The Balaban J connectivity index is 2.71. The predicted octanol–water partition coefficient (Wildman–Crippen LogP) is -1.11. The molecule has 22 heavy (non-hydrogen) atoms. The van der Waals surface area contributed by atoms with Crippen molar-refractivity contribution in [1.29, 1.82) is 0 Å². The van der Waals surface area contributed by atoms with E-state index in [0.717, 1.165) is 38.2 Å². The minimum Gasteiger partial charge on any atom is -0.104 e. The summed E-state index contributed by atoms with van der Waals surface area (Å²) in [5.41, 5.74) is 6.07. The zero-order chi connectivity index (χ0) is 16.3. The first-order valence-corrected chi connectivity index (χ1v) is 7.10. The molecule has 5 heteroatoms. The molecule has 0 nitrogen and oxygen atoms in total. The van der Waals surface area contributed by atoms with E-state index in [2.05, 4.69) is 0 Å². The maximum Gasteiger partial charge on any atom is 0.115 e. The van der Waals surface area contributed by atoms with Crippen LogP contribution in [0, 0.1) is 20.8 Å². The van der Waals surface area contributed by atoms with E-state index in [1.165, 1.54) is 0 Å². The molecule has 0 saturated heterocycles. The summed E-state index contributed by atoms with van der Waals surface area (Å²) in [6.07, 6.45) is 0. The molecule has 0 aromatic heterocycles. The van der Waals surface area contributed by atoms with Crippen LogP contribution in [-0.2, 0) is 0 Å². The molecule has 0 amide bonds. The van der Waals surface area contributed by atoms with Gasteiger partial charge >= 0.3 is 0 Å². The minimum atomic E-state index is 0.447. The molecule has 0 fully saturated rings. The standard InChI is InChI=1S/C17H11B5/c1-6-7(2)13-9(15(20)8(6)3)4-10-14(17(13)22)11(18)5-12(19)16(10)21/h4-5H,1-3H3. The predicted molar refractivity (Wildman–Crippen MR) is 103 cm³/mol. The van der Waals surface area contributed by atoms with Crippen molar-refractivity contribution < 1.29 is 0 Å². The van der Waals surface area contributed by atoms with E-state index in [4.69, 9.17) is 39.2 Å². The van der Waals surface area contributed by atoms with E-state index in [0.29, 0.717) is 27.3 Å². The van der Waals surface area contributed by atoms with Crippen molar-refractivity contribution in [1.82, 2.24) is 0 Å². The highest BCUT2D eigenvalue weighted by atomic mass is 14.2. The number of hydrogen-bond acceptors (Lipinski definition) is 0. The first-order chi connectivity index (χ1) is 10.3. The van der Waals surface area contributed by atoms with Gasteiger partial charge in [-0.3, -0.25) is 0 Å². The van der Waals surface area contributed by atoms with Crippen LogP contribution in [0.5, 0.6) is 0 Å². The Morgan fingerprint density at radius 2 is 1.14 bits per heavy atom. The zero-order valence-electron chi connectivity index (χ0n) is 13.0. The lowest BCUT2D eigenvalue weighted by Crippen LogP contribution is -2.34. The first-order valence-electron chi connectivity index (χ1n) is 7.10. The number of rotatable bonds is 0. The molecule has 0 spiro atoms. The molecule has 0 heterocycles. The largest absolute Gasteiger partial charge is 0.115 e. The molecule has 0 N–H and O–H groups in total. The van der Waals surface area contributed by atoms with Gasteiger partial charge in [0.2, 0.25) is 0 Å². The van der Waals surface area contributed by atoms with Crippen LogP contribution in [0.15, 0.2) is 12.1 Å². The van der Waals surface area contributed by atoms with E-state index < -0.39 is 0 Å². The summed E-state index contributed by atoms with van der Waals surface area (Å²) in [4.78, 5) is 0. The Kier molecular flexibility index (Phi) is 3.51. The van der Waals surface area contributed by atoms with Crippen LogP contribution in [0.25, 0.3) is 21.5 Å². The molecule has 0 aliphatic heterocycles. The molecule has 3 aromatic rings. The van der Waals surface area contributed by atoms with Gasteiger partial charge in [-0.25, -0.2) is 0 Å². The van der Waals surface area contributed by atoms with Gasteiger partial charge in [-0.1, -0.05) is 33.5 Å². The van der Waals surface area contributed by atoms with Crippen molar-refractivity contribution in [3.05, 3.63) is 28.8 Å². The molecule has 0 saturated carbocycles. The van der Waals surface area contributed by atoms with Crippen molar-refractivity contribution >= 4 is 88.1 Å². The second-order valence-corrected chi connectivity index (χ2v) is 5.89. The van der Waals surface area contributed by atoms with Crippen molar-refractivity contribution in [2.24, 2.45) is 0 Å². The van der Waals surface area contributed by atoms with E-state index in [1.807, 2.05) is 26.8 Å². The van der Waals surface area contributed by atoms with Crippen molar-refractivity contribution in [2.75, 3.05) is 0 Å². The van der Waals surface area contributed by atoms with Gasteiger partial charge in [0, 0.05) is 0 Å². The minimum absolute atomic E-state index is 0.447. The number of aryl methyl sites for hydroxylation is 1. The summed E-state index contributed by atoms with van der Waals surface area (Å²) in [7, 11) is 30.9. The Morgan fingerprint density at radius 1 is 0.545 bits per heavy atom. The molecule has 0 atom stereocenters. The Labute approximate surface area is 138 Å². The summed E-state index contributed by atoms with van der Waals surface area (Å²) < 4.78 is 0. The summed E-state index contributed by atoms with van der Waals surface area (Å²) in [6, 6.07) is 3.59. The van der Waals surface area contributed by atoms with Crippen LogP contribution in [0.4, 0.5) is 0 Å². The maximum atomic E-state index is 6.43. The molecule has 0 aliphatic carbocycles. The first kappa shape index (κ1) is 15.4. The van der Waals surface area contributed by atoms with Gasteiger partial charge in [0.1, 0.15) is 39.2 Å². The number of fused-ring (bicyclic) bond motifs is 2. The molecule has 0 bridgehead atoms. The summed E-state index contributed by atoms with van der Waals surface area (Å²) in [5, 5.41) is 3.31. The monoisotopic (exact) mass is 270 g/mol. The van der Waals surface area contributed by atoms with Gasteiger partial charge in [-0.15, -0.1) is 5.46 Å². The van der Waals surface area contributed by atoms with Crippen LogP contribution >= 0.6 is 0 Å². The molecular weight excluding hydrogens is 258 g/mol. The topological polar surface area (TPSA) is 0 Å². The highest BCUT2D eigenvalue weighted by Crippen LogP contribution is 2.24. The summed E-state index contributed by atoms with van der Waals surface area (Å²) >= 11 is 0. The fraction of sp³-hybridized carbons (Fsp3) is 0.176. The van der Waals surface area contributed by atoms with Gasteiger partial charge in [-0.2, -0.15) is 0 Å². The Morgan fingerprint density at radius 3 is 1.77 bits per heavy atom. The second-order valence-electron chi connectivity index (χ2n) is 5.89. The number of benzene rings is 3. The third-order valence-corrected chi connectivity index (χ3v) is 4.76. The van der Waals surface area contributed by atoms with Crippen molar-refractivity contribution in [2.45, 2.75) is 20.8 Å². The van der Waals surface area contributed by atoms with Gasteiger partial charge in [-0.05, 0) is 59.5 Å². The van der Waals surface area contributed by atoms with E-state index >= 15 is 0 Å². The van der Waals surface area contributed by atoms with Crippen LogP contribution in [0.3, 0.4) is 0 Å². The molecule has 94 valence electrons. The number of hydrogen-bond donors (Lipinski definition) is 0. The second kappa shape index (κ2) is 5.01. The van der Waals surface area contributed by atoms with Crippen molar-refractivity contribution in [3.63, 3.8) is 0 Å². The lowest BCUT2D eigenvalue weighted by molar-refractivity contribution is 1.32. The molecule has 0 unspecified atom stereocenters. The van der Waals surface area contributed by atoms with Gasteiger partial charge in [0.25, 0.3) is 0 Å². The highest BCUT2D eigenvalue weighted by Gasteiger charge is 2.14. The lowest BCUT2D eigenvalue weighted by atomic mass is 9.68. The summed E-state index contributed by atoms with van der Waals surface area (Å²) in [6.45, 7) is 6.10. The Bertz CT molecular complexity index is 957. The smallest absolute Gasteiger partial charge is 0.104 e. The van der Waals surface area contributed by atoms with Gasteiger partial charge < -0.3 is 0 Å². The normalized spacial score (nSPS) is 11.4. The van der Waals surface area contributed by atoms with Gasteiger partial charge in [0.05, 0.1) is 0 Å². The highest BCUT2D eigenvalue weighted by molar-refractivity contribution is 6.60. The average Bonchev–Trinajstić information content (AvgIpc) is 2.47. The van der Waals surface area contributed by atoms with Crippen LogP contribution in [0.2, 0.25) is 0 Å². The van der Waals surface area contributed by atoms with Crippen LogP contribution in [0.1, 0.15) is 16.7 Å². The van der Waals surface area contributed by atoms with Gasteiger partial charge in [0.15, 0.2) is 0 Å². The van der Waals surface area contributed by atoms with Crippen LogP contribution in [-0.4, -0.2) is 39.2 Å². The molecule has 3 aromatic carbocycles. The molecule has 3 rings (SSSR count). The zero-order valence-corrected chi connectivity index (χ0v) is 13.0. The fourth-order valence-corrected chi connectivity index (χ4v) is 3.19. The molecule has 0 aliphatic rings. The van der Waals surface area contributed by atoms with E-state index in [-0.39, 0.29) is 0 Å². The lowest BCUT2D eigenvalue weighted by Gasteiger charge is -2.21. The van der Waals surface area contributed by atoms with Crippen LogP contribution < -0.4 is 27.3 Å².